The number of carbonyl (C=O) groups is 1. The van der Waals surface area contributed by atoms with E-state index in [1.807, 2.05) is 13.8 Å². The van der Waals surface area contributed by atoms with E-state index in [0.717, 1.165) is 6.07 Å². The van der Waals surface area contributed by atoms with Crippen molar-refractivity contribution in [3.63, 3.8) is 0 Å². The van der Waals surface area contributed by atoms with E-state index in [2.05, 4.69) is 4.99 Å². The van der Waals surface area contributed by atoms with Crippen molar-refractivity contribution in [2.75, 3.05) is 12.9 Å². The molecule has 6 nitrogen and oxygen atoms in total. The third-order valence-corrected chi connectivity index (χ3v) is 4.12. The van der Waals surface area contributed by atoms with Gasteiger partial charge in [0.25, 0.3) is 0 Å². The van der Waals surface area contributed by atoms with Crippen LogP contribution < -0.4 is 4.74 Å². The topological polar surface area (TPSA) is 99.4 Å². The van der Waals surface area contributed by atoms with Crippen LogP contribution in [0.5, 0.6) is 17.2 Å². The third-order valence-electron chi connectivity index (χ3n) is 2.83. The van der Waals surface area contributed by atoms with Crippen LogP contribution in [0.1, 0.15) is 26.3 Å². The molecule has 3 N–H and O–H groups in total. The number of hydrogen-bond acceptors (Lipinski definition) is 6. The Hall–Kier alpha value is -1.89. The summed E-state index contributed by atoms with van der Waals surface area (Å²) in [6.07, 6.45) is 0. The van der Waals surface area contributed by atoms with Gasteiger partial charge >= 0.3 is 5.97 Å². The molecule has 0 amide bonds. The molecule has 0 unspecified atom stereocenters. The Morgan fingerprint density at radius 2 is 1.95 bits per heavy atom. The highest BCUT2D eigenvalue weighted by molar-refractivity contribution is 8.14. The number of aliphatic carboxylic acids is 1. The molecule has 1 aliphatic heterocycles. The van der Waals surface area contributed by atoms with Crippen molar-refractivity contribution in [1.82, 2.24) is 0 Å². The number of benzene rings is 1. The van der Waals surface area contributed by atoms with Gasteiger partial charge in [-0.2, -0.15) is 0 Å². The van der Waals surface area contributed by atoms with E-state index in [4.69, 9.17) is 9.84 Å². The Bertz CT molecular complexity index is 573. The lowest BCUT2D eigenvalue weighted by Gasteiger charge is -2.11. The first kappa shape index (κ1) is 17.2. The van der Waals surface area contributed by atoms with Gasteiger partial charge in [-0.1, -0.05) is 13.8 Å². The Kier molecular flexibility index (Phi) is 5.48. The largest absolute Gasteiger partial charge is 0.507 e. The molecule has 1 heterocycles. The van der Waals surface area contributed by atoms with Crippen LogP contribution in [0.15, 0.2) is 17.1 Å². The Labute approximate surface area is 127 Å². The van der Waals surface area contributed by atoms with Gasteiger partial charge in [-0.05, 0) is 13.0 Å². The Balaban J connectivity index is 0.00000106. The van der Waals surface area contributed by atoms with Crippen LogP contribution in [0, 0.1) is 0 Å². The van der Waals surface area contributed by atoms with E-state index in [0.29, 0.717) is 16.4 Å². The summed E-state index contributed by atoms with van der Waals surface area (Å²) in [6, 6.07) is 2.58. The monoisotopic (exact) mass is 313 g/mol. The lowest BCUT2D eigenvalue weighted by Crippen LogP contribution is -2.33. The molecule has 0 aliphatic carbocycles. The predicted octanol–water partition coefficient (Wildman–Crippen LogP) is 2.47. The second kappa shape index (κ2) is 6.71. The normalized spacial score (nSPS) is 20.3. The molecular formula is C14H19NO5S. The first-order valence-corrected chi connectivity index (χ1v) is 7.42. The van der Waals surface area contributed by atoms with Gasteiger partial charge in [0.2, 0.25) is 0 Å². The van der Waals surface area contributed by atoms with E-state index >= 15 is 0 Å². The molecular weight excluding hydrogens is 294 g/mol. The van der Waals surface area contributed by atoms with E-state index in [9.17, 15) is 15.0 Å². The quantitative estimate of drug-likeness (QED) is 0.793. The van der Waals surface area contributed by atoms with Crippen LogP contribution >= 0.6 is 11.8 Å². The van der Waals surface area contributed by atoms with Crippen LogP contribution in [0.25, 0.3) is 0 Å². The van der Waals surface area contributed by atoms with Crippen LogP contribution in [0.2, 0.25) is 0 Å². The zero-order chi connectivity index (χ0) is 16.2. The molecule has 1 aromatic rings. The fourth-order valence-corrected chi connectivity index (χ4v) is 2.83. The molecule has 7 heteroatoms. The number of thioether (sulfide) groups is 1. The number of phenolic OH excluding ortho intramolecular Hbond substituents is 2. The summed E-state index contributed by atoms with van der Waals surface area (Å²) < 4.78 is 4.96. The van der Waals surface area contributed by atoms with Gasteiger partial charge in [0.1, 0.15) is 10.8 Å². The number of aromatic hydroxyl groups is 2. The second-order valence-corrected chi connectivity index (χ2v) is 5.29. The highest BCUT2D eigenvalue weighted by Crippen LogP contribution is 2.39. The molecule has 0 fully saturated rings. The summed E-state index contributed by atoms with van der Waals surface area (Å²) in [5.41, 5.74) is -0.845. The molecule has 2 rings (SSSR count). The summed E-state index contributed by atoms with van der Waals surface area (Å²) in [7, 11) is 1.39. The number of ether oxygens (including phenoxy) is 1. The summed E-state index contributed by atoms with van der Waals surface area (Å²) in [6.45, 7) is 5.52. The van der Waals surface area contributed by atoms with Crippen molar-refractivity contribution < 1.29 is 24.9 Å². The molecule has 21 heavy (non-hydrogen) atoms. The van der Waals surface area contributed by atoms with Crippen LogP contribution in [0.3, 0.4) is 0 Å². The lowest BCUT2D eigenvalue weighted by atomic mass is 10.1. The maximum Gasteiger partial charge on any atom is 0.332 e. The van der Waals surface area contributed by atoms with Gasteiger partial charge in [-0.25, -0.2) is 4.79 Å². The van der Waals surface area contributed by atoms with Gasteiger partial charge in [-0.3, -0.25) is 4.99 Å². The number of carboxylic acid groups (broad SMARTS) is 1. The fourth-order valence-electron chi connectivity index (χ4n) is 1.64. The van der Waals surface area contributed by atoms with E-state index in [1.54, 1.807) is 0 Å². The maximum atomic E-state index is 11.1. The van der Waals surface area contributed by atoms with Crippen LogP contribution in [-0.2, 0) is 4.79 Å². The second-order valence-electron chi connectivity index (χ2n) is 4.33. The van der Waals surface area contributed by atoms with Crippen molar-refractivity contribution in [2.45, 2.75) is 26.3 Å². The molecule has 116 valence electrons. The number of phenols is 2. The van der Waals surface area contributed by atoms with Gasteiger partial charge in [0.15, 0.2) is 17.0 Å². The number of aliphatic imine (C=N–C) groups is 1. The molecule has 1 aromatic carbocycles. The van der Waals surface area contributed by atoms with Crippen molar-refractivity contribution in [3.8, 4) is 17.2 Å². The molecule has 0 bridgehead atoms. The third kappa shape index (κ3) is 3.41. The number of carboxylic acids is 1. The molecule has 0 saturated heterocycles. The highest BCUT2D eigenvalue weighted by atomic mass is 32.2. The molecule has 0 aromatic heterocycles. The molecule has 1 atom stereocenters. The molecule has 1 aliphatic rings. The zero-order valence-electron chi connectivity index (χ0n) is 12.4. The average Bonchev–Trinajstić information content (AvgIpc) is 2.85. The standard InChI is InChI=1S/C12H13NO5S.C2H6/c1-12(11(16)17)5-19-10(13-12)6-3-9(18-2)8(15)4-7(6)14;1-2/h3-4,14-15H,5H2,1-2H3,(H,16,17);1-2H3/t12-;/m1./s1. The predicted molar refractivity (Wildman–Crippen MR) is 82.7 cm³/mol. The number of hydrogen-bond donors (Lipinski definition) is 3. The first-order valence-electron chi connectivity index (χ1n) is 6.44. The Morgan fingerprint density at radius 1 is 1.33 bits per heavy atom. The van der Waals surface area contributed by atoms with Crippen LogP contribution in [-0.4, -0.2) is 44.7 Å². The minimum atomic E-state index is -1.20. The lowest BCUT2D eigenvalue weighted by molar-refractivity contribution is -0.141. The minimum Gasteiger partial charge on any atom is -0.507 e. The first-order chi connectivity index (χ1) is 9.87. The summed E-state index contributed by atoms with van der Waals surface area (Å²) >= 11 is 1.24. The molecule has 0 saturated carbocycles. The smallest absolute Gasteiger partial charge is 0.332 e. The van der Waals surface area contributed by atoms with E-state index < -0.39 is 11.5 Å². The van der Waals surface area contributed by atoms with Crippen molar-refractivity contribution in [3.05, 3.63) is 17.7 Å². The highest BCUT2D eigenvalue weighted by Gasteiger charge is 2.39. The maximum absolute atomic E-state index is 11.1. The average molecular weight is 313 g/mol. The molecule has 0 radical (unpaired) electrons. The minimum absolute atomic E-state index is 0.167. The molecule has 0 spiro atoms. The number of nitrogens with zero attached hydrogens (tertiary/aromatic N) is 1. The summed E-state index contributed by atoms with van der Waals surface area (Å²) in [5.74, 6) is -0.881. The fraction of sp³-hybridized carbons (Fsp3) is 0.429. The summed E-state index contributed by atoms with van der Waals surface area (Å²) in [4.78, 5) is 15.3. The van der Waals surface area contributed by atoms with Crippen molar-refractivity contribution in [2.24, 2.45) is 4.99 Å². The van der Waals surface area contributed by atoms with Gasteiger partial charge in [0.05, 0.1) is 12.7 Å². The van der Waals surface area contributed by atoms with Crippen LogP contribution in [0.4, 0.5) is 0 Å². The van der Waals surface area contributed by atoms with Gasteiger partial charge < -0.3 is 20.1 Å². The summed E-state index contributed by atoms with van der Waals surface area (Å²) in [5, 5.41) is 28.9. The zero-order valence-corrected chi connectivity index (χ0v) is 13.2. The number of rotatable bonds is 3. The SMILES string of the molecule is CC.COc1cc(C2=N[C@@](C)(C(=O)O)CS2)c(O)cc1O. The van der Waals surface area contributed by atoms with E-state index in [-0.39, 0.29) is 17.2 Å². The Morgan fingerprint density at radius 3 is 2.43 bits per heavy atom. The van der Waals surface area contributed by atoms with Crippen molar-refractivity contribution in [1.29, 1.82) is 0 Å². The number of methoxy groups -OCH3 is 1. The van der Waals surface area contributed by atoms with Gasteiger partial charge in [0, 0.05) is 11.8 Å². The van der Waals surface area contributed by atoms with Gasteiger partial charge in [-0.15, -0.1) is 11.8 Å². The van der Waals surface area contributed by atoms with Crippen molar-refractivity contribution >= 4 is 22.8 Å². The van der Waals surface area contributed by atoms with E-state index in [1.165, 1.54) is 31.9 Å².